The molecule has 0 spiro atoms. The van der Waals surface area contributed by atoms with Crippen LogP contribution in [0.4, 0.5) is 22.0 Å². The van der Waals surface area contributed by atoms with Gasteiger partial charge in [-0.3, -0.25) is 0 Å². The number of ether oxygens (including phenoxy) is 1. The van der Waals surface area contributed by atoms with Crippen LogP contribution in [0.3, 0.4) is 0 Å². The van der Waals surface area contributed by atoms with Gasteiger partial charge in [-0.25, -0.2) is 0 Å². The molecule has 1 unspecified atom stereocenters. The smallest absolute Gasteiger partial charge is 0.408 e. The number of benzene rings is 1. The average Bonchev–Trinajstić information content (AvgIpc) is 2.29. The van der Waals surface area contributed by atoms with Gasteiger partial charge in [-0.1, -0.05) is 25.1 Å². The molecule has 0 aliphatic carbocycles. The quantitative estimate of drug-likeness (QED) is 0.800. The van der Waals surface area contributed by atoms with E-state index < -0.39 is 24.6 Å². The first kappa shape index (κ1) is 15.7. The summed E-state index contributed by atoms with van der Waals surface area (Å²) < 4.78 is 67.3. The van der Waals surface area contributed by atoms with E-state index in [2.05, 4.69) is 10.1 Å². The van der Waals surface area contributed by atoms with E-state index in [1.54, 1.807) is 6.92 Å². The van der Waals surface area contributed by atoms with E-state index in [0.29, 0.717) is 6.42 Å². The lowest BCUT2D eigenvalue weighted by Gasteiger charge is -2.23. The Kier molecular flexibility index (Phi) is 5.53. The van der Waals surface area contributed by atoms with Gasteiger partial charge in [0.25, 0.3) is 0 Å². The molecule has 0 aromatic heterocycles. The second-order valence-corrected chi connectivity index (χ2v) is 3.85. The van der Waals surface area contributed by atoms with Crippen molar-refractivity contribution in [1.82, 2.24) is 5.32 Å². The molecule has 0 radical (unpaired) electrons. The summed E-state index contributed by atoms with van der Waals surface area (Å²) in [5.74, 6) is -0.469. The first-order valence-corrected chi connectivity index (χ1v) is 5.70. The van der Waals surface area contributed by atoms with E-state index >= 15 is 0 Å². The van der Waals surface area contributed by atoms with Crippen LogP contribution in [-0.2, 0) is 0 Å². The van der Waals surface area contributed by atoms with Crippen molar-refractivity contribution in [2.75, 3.05) is 6.54 Å². The number of halogens is 5. The van der Waals surface area contributed by atoms with E-state index in [4.69, 9.17) is 0 Å². The number of para-hydroxylation sites is 1. The van der Waals surface area contributed by atoms with Crippen molar-refractivity contribution in [2.45, 2.75) is 32.2 Å². The molecule has 1 N–H and O–H groups in total. The Morgan fingerprint density at radius 1 is 1.21 bits per heavy atom. The average molecular weight is 283 g/mol. The van der Waals surface area contributed by atoms with Gasteiger partial charge >= 0.3 is 12.8 Å². The normalized spacial score (nSPS) is 13.6. The summed E-state index contributed by atoms with van der Waals surface area (Å²) in [5, 5.41) is 2.29. The number of hydrogen-bond donors (Lipinski definition) is 1. The van der Waals surface area contributed by atoms with Crippen molar-refractivity contribution >= 4 is 0 Å². The molecule has 7 heteroatoms. The third-order valence-corrected chi connectivity index (χ3v) is 2.37. The molecular formula is C12H14F5NO. The van der Waals surface area contributed by atoms with Gasteiger partial charge in [0.15, 0.2) is 0 Å². The minimum atomic E-state index is -4.59. The first-order chi connectivity index (χ1) is 8.86. The number of hydrogen-bond acceptors (Lipinski definition) is 2. The second kappa shape index (κ2) is 6.70. The van der Waals surface area contributed by atoms with Crippen LogP contribution in [0.5, 0.6) is 5.75 Å². The van der Waals surface area contributed by atoms with Crippen LogP contribution in [0.2, 0.25) is 0 Å². The van der Waals surface area contributed by atoms with E-state index in [9.17, 15) is 22.0 Å². The van der Waals surface area contributed by atoms with Gasteiger partial charge in [0.2, 0.25) is 0 Å². The molecule has 0 saturated heterocycles. The molecule has 2 nitrogen and oxygen atoms in total. The van der Waals surface area contributed by atoms with Crippen LogP contribution >= 0.6 is 0 Å². The summed E-state index contributed by atoms with van der Waals surface area (Å²) in [6, 6.07) is 2.88. The number of nitrogens with one attached hydrogen (secondary N) is 1. The van der Waals surface area contributed by atoms with Crippen LogP contribution in [0, 0.1) is 0 Å². The predicted octanol–water partition coefficient (Wildman–Crippen LogP) is 3.89. The van der Waals surface area contributed by atoms with Crippen LogP contribution in [-0.4, -0.2) is 19.3 Å². The first-order valence-electron chi connectivity index (χ1n) is 5.70. The molecule has 0 bridgehead atoms. The minimum absolute atomic E-state index is 0.118. The summed E-state index contributed by atoms with van der Waals surface area (Å²) in [7, 11) is 0. The van der Waals surface area contributed by atoms with Gasteiger partial charge in [-0.05, 0) is 19.0 Å². The van der Waals surface area contributed by atoms with Crippen LogP contribution < -0.4 is 10.1 Å². The Balaban J connectivity index is 3.07. The maximum Gasteiger partial charge on any atom is 0.408 e. The standard InChI is InChI=1S/C12H14F5NO/c1-2-7-18-10(12(15,16)17)8-5-3-4-6-9(8)19-11(13)14/h3-6,10-11,18H,2,7H2,1H3. The summed E-state index contributed by atoms with van der Waals surface area (Å²) >= 11 is 0. The third kappa shape index (κ3) is 4.66. The summed E-state index contributed by atoms with van der Waals surface area (Å²) in [6.45, 7) is -1.34. The molecular weight excluding hydrogens is 269 g/mol. The fourth-order valence-electron chi connectivity index (χ4n) is 1.61. The summed E-state index contributed by atoms with van der Waals surface area (Å²) in [6.07, 6.45) is -4.10. The van der Waals surface area contributed by atoms with Gasteiger partial charge in [0.1, 0.15) is 11.8 Å². The molecule has 1 atom stereocenters. The molecule has 0 heterocycles. The molecule has 1 aromatic carbocycles. The monoisotopic (exact) mass is 283 g/mol. The molecule has 0 saturated carbocycles. The highest BCUT2D eigenvalue weighted by molar-refractivity contribution is 5.36. The van der Waals surface area contributed by atoms with Crippen LogP contribution in [0.15, 0.2) is 24.3 Å². The van der Waals surface area contributed by atoms with Gasteiger partial charge in [0, 0.05) is 5.56 Å². The molecule has 0 fully saturated rings. The van der Waals surface area contributed by atoms with Gasteiger partial charge in [-0.2, -0.15) is 22.0 Å². The molecule has 1 rings (SSSR count). The largest absolute Gasteiger partial charge is 0.434 e. The zero-order chi connectivity index (χ0) is 14.5. The number of rotatable bonds is 6. The van der Waals surface area contributed by atoms with E-state index in [1.165, 1.54) is 12.1 Å². The van der Waals surface area contributed by atoms with Gasteiger partial charge in [0.05, 0.1) is 0 Å². The second-order valence-electron chi connectivity index (χ2n) is 3.85. The lowest BCUT2D eigenvalue weighted by Crippen LogP contribution is -2.35. The van der Waals surface area contributed by atoms with Crippen molar-refractivity contribution in [3.63, 3.8) is 0 Å². The highest BCUT2D eigenvalue weighted by Gasteiger charge is 2.41. The molecule has 0 aliphatic rings. The SMILES string of the molecule is CCCNC(c1ccccc1OC(F)F)C(F)(F)F. The Labute approximate surface area is 107 Å². The maximum absolute atomic E-state index is 12.9. The third-order valence-electron chi connectivity index (χ3n) is 2.37. The fourth-order valence-corrected chi connectivity index (χ4v) is 1.61. The predicted molar refractivity (Wildman–Crippen MR) is 60.2 cm³/mol. The van der Waals surface area contributed by atoms with Crippen molar-refractivity contribution in [1.29, 1.82) is 0 Å². The van der Waals surface area contributed by atoms with E-state index in [0.717, 1.165) is 12.1 Å². The molecule has 1 aromatic rings. The number of alkyl halides is 5. The molecule has 0 amide bonds. The Morgan fingerprint density at radius 3 is 2.37 bits per heavy atom. The van der Waals surface area contributed by atoms with Gasteiger partial charge in [-0.15, -0.1) is 0 Å². The van der Waals surface area contributed by atoms with Crippen molar-refractivity contribution < 1.29 is 26.7 Å². The maximum atomic E-state index is 12.9. The molecule has 19 heavy (non-hydrogen) atoms. The molecule has 108 valence electrons. The minimum Gasteiger partial charge on any atom is -0.434 e. The summed E-state index contributed by atoms with van der Waals surface area (Å²) in [4.78, 5) is 0. The highest BCUT2D eigenvalue weighted by Crippen LogP contribution is 2.37. The van der Waals surface area contributed by atoms with Gasteiger partial charge < -0.3 is 10.1 Å². The Morgan fingerprint density at radius 2 is 1.84 bits per heavy atom. The van der Waals surface area contributed by atoms with Crippen molar-refractivity contribution in [3.8, 4) is 5.75 Å². The lowest BCUT2D eigenvalue weighted by molar-refractivity contribution is -0.158. The molecule has 0 aliphatic heterocycles. The topological polar surface area (TPSA) is 21.3 Å². The summed E-state index contributed by atoms with van der Waals surface area (Å²) in [5.41, 5.74) is -0.344. The van der Waals surface area contributed by atoms with Crippen LogP contribution in [0.1, 0.15) is 24.9 Å². The highest BCUT2D eigenvalue weighted by atomic mass is 19.4. The fraction of sp³-hybridized carbons (Fsp3) is 0.500. The lowest BCUT2D eigenvalue weighted by atomic mass is 10.1. The zero-order valence-electron chi connectivity index (χ0n) is 10.2. The Bertz CT molecular complexity index is 394. The van der Waals surface area contributed by atoms with E-state index in [1.807, 2.05) is 0 Å². The van der Waals surface area contributed by atoms with E-state index in [-0.39, 0.29) is 12.1 Å². The Hall–Kier alpha value is -1.37. The zero-order valence-corrected chi connectivity index (χ0v) is 10.2. The van der Waals surface area contributed by atoms with Crippen LogP contribution in [0.25, 0.3) is 0 Å². The van der Waals surface area contributed by atoms with Crippen molar-refractivity contribution in [2.24, 2.45) is 0 Å². The van der Waals surface area contributed by atoms with Crippen molar-refractivity contribution in [3.05, 3.63) is 29.8 Å².